The first-order chi connectivity index (χ1) is 8.60. The molecule has 0 bridgehead atoms. The average molecular weight is 241 g/mol. The lowest BCUT2D eigenvalue weighted by molar-refractivity contribution is -0.136. The minimum absolute atomic E-state index is 0.123. The van der Waals surface area contributed by atoms with Gasteiger partial charge in [-0.1, -0.05) is 0 Å². The van der Waals surface area contributed by atoms with E-state index in [1.807, 2.05) is 13.0 Å². The van der Waals surface area contributed by atoms with Gasteiger partial charge in [-0.15, -0.1) is 0 Å². The summed E-state index contributed by atoms with van der Waals surface area (Å²) < 4.78 is 5.52. The molecule has 0 aliphatic rings. The van der Waals surface area contributed by atoms with Gasteiger partial charge in [0.1, 0.15) is 17.9 Å². The maximum atomic E-state index is 10.7. The van der Waals surface area contributed by atoms with Gasteiger partial charge in [0.2, 0.25) is 0 Å². The van der Waals surface area contributed by atoms with Gasteiger partial charge in [-0.3, -0.25) is 4.79 Å². The summed E-state index contributed by atoms with van der Waals surface area (Å²) in [4.78, 5) is 10.7. The lowest BCUT2D eigenvalue weighted by atomic mass is 10.1. The van der Waals surface area contributed by atoms with E-state index in [4.69, 9.17) is 14.8 Å². The van der Waals surface area contributed by atoms with Gasteiger partial charge < -0.3 is 9.52 Å². The molecule has 1 N–H and O–H groups in total. The topological polar surface area (TPSA) is 74.2 Å². The van der Waals surface area contributed by atoms with Crippen LogP contribution >= 0.6 is 0 Å². The van der Waals surface area contributed by atoms with Crippen molar-refractivity contribution in [3.8, 4) is 17.4 Å². The average Bonchev–Trinajstić information content (AvgIpc) is 2.70. The predicted molar refractivity (Wildman–Crippen MR) is 64.9 cm³/mol. The van der Waals surface area contributed by atoms with Crippen LogP contribution in [0.2, 0.25) is 0 Å². The molecule has 1 aromatic carbocycles. The van der Waals surface area contributed by atoms with Crippen LogP contribution in [0.25, 0.3) is 11.3 Å². The molecule has 1 aromatic heterocycles. The third-order valence-corrected chi connectivity index (χ3v) is 2.63. The van der Waals surface area contributed by atoms with Gasteiger partial charge in [-0.05, 0) is 42.8 Å². The zero-order valence-electron chi connectivity index (χ0n) is 9.80. The number of benzene rings is 1. The van der Waals surface area contributed by atoms with Crippen molar-refractivity contribution in [2.75, 3.05) is 0 Å². The van der Waals surface area contributed by atoms with Crippen molar-refractivity contribution in [3.05, 3.63) is 47.2 Å². The highest BCUT2D eigenvalue weighted by Crippen LogP contribution is 2.25. The molecule has 2 aromatic rings. The second-order valence-electron chi connectivity index (χ2n) is 3.98. The first-order valence-electron chi connectivity index (χ1n) is 5.42. The molecular weight excluding hydrogens is 230 g/mol. The summed E-state index contributed by atoms with van der Waals surface area (Å²) in [7, 11) is 0. The molecule has 18 heavy (non-hydrogen) atoms. The van der Waals surface area contributed by atoms with Gasteiger partial charge in [0.15, 0.2) is 0 Å². The van der Waals surface area contributed by atoms with Crippen molar-refractivity contribution < 1.29 is 14.3 Å². The third kappa shape index (κ3) is 2.41. The number of carboxylic acids is 1. The van der Waals surface area contributed by atoms with E-state index >= 15 is 0 Å². The van der Waals surface area contributed by atoms with Crippen LogP contribution in [0.5, 0.6) is 0 Å². The molecule has 1 heterocycles. The Labute approximate surface area is 104 Å². The Kier molecular flexibility index (Phi) is 3.16. The summed E-state index contributed by atoms with van der Waals surface area (Å²) in [6, 6.07) is 10.8. The summed E-state index contributed by atoms with van der Waals surface area (Å²) in [6.45, 7) is 1.81. The summed E-state index contributed by atoms with van der Waals surface area (Å²) >= 11 is 0. The number of hydrogen-bond donors (Lipinski definition) is 1. The van der Waals surface area contributed by atoms with Crippen molar-refractivity contribution in [3.63, 3.8) is 0 Å². The number of hydrogen-bond acceptors (Lipinski definition) is 3. The van der Waals surface area contributed by atoms with E-state index in [1.54, 1.807) is 30.3 Å². The zero-order chi connectivity index (χ0) is 13.1. The van der Waals surface area contributed by atoms with Crippen molar-refractivity contribution >= 4 is 5.97 Å². The van der Waals surface area contributed by atoms with Crippen molar-refractivity contribution in [1.29, 1.82) is 5.26 Å². The molecule has 0 atom stereocenters. The highest BCUT2D eigenvalue weighted by atomic mass is 16.4. The Balaban J connectivity index is 2.33. The first-order valence-corrected chi connectivity index (χ1v) is 5.42. The van der Waals surface area contributed by atoms with E-state index in [9.17, 15) is 4.79 Å². The van der Waals surface area contributed by atoms with Crippen LogP contribution in [0.3, 0.4) is 0 Å². The molecule has 2 rings (SSSR count). The number of rotatable bonds is 3. The highest BCUT2D eigenvalue weighted by Gasteiger charge is 2.12. The van der Waals surface area contributed by atoms with E-state index in [0.717, 1.165) is 11.1 Å². The third-order valence-electron chi connectivity index (χ3n) is 2.63. The molecule has 4 nitrogen and oxygen atoms in total. The molecular formula is C14H11NO3. The van der Waals surface area contributed by atoms with Crippen LogP contribution in [-0.4, -0.2) is 11.1 Å². The number of aryl methyl sites for hydroxylation is 1. The minimum atomic E-state index is -0.918. The van der Waals surface area contributed by atoms with Gasteiger partial charge in [-0.2, -0.15) is 5.26 Å². The largest absolute Gasteiger partial charge is 0.481 e. The molecule has 0 amide bonds. The number of nitrogens with zero attached hydrogens (tertiary/aromatic N) is 1. The van der Waals surface area contributed by atoms with Crippen LogP contribution in [0.15, 0.2) is 34.7 Å². The Bertz CT molecular complexity index is 617. The fourth-order valence-electron chi connectivity index (χ4n) is 1.68. The van der Waals surface area contributed by atoms with Crippen LogP contribution in [0.1, 0.15) is 16.9 Å². The Morgan fingerprint density at radius 3 is 2.61 bits per heavy atom. The molecule has 0 radical (unpaired) electrons. The number of carboxylic acid groups (broad SMARTS) is 1. The maximum absolute atomic E-state index is 10.7. The molecule has 0 aliphatic heterocycles. The fraction of sp³-hybridized carbons (Fsp3) is 0.143. The summed E-state index contributed by atoms with van der Waals surface area (Å²) in [5.74, 6) is 0.161. The Morgan fingerprint density at radius 2 is 2.06 bits per heavy atom. The van der Waals surface area contributed by atoms with Crippen LogP contribution < -0.4 is 0 Å². The molecule has 0 saturated carbocycles. The first kappa shape index (κ1) is 11.9. The number of carbonyl (C=O) groups is 1. The normalized spacial score (nSPS) is 10.0. The zero-order valence-corrected chi connectivity index (χ0v) is 9.80. The minimum Gasteiger partial charge on any atom is -0.481 e. The van der Waals surface area contributed by atoms with E-state index in [-0.39, 0.29) is 6.42 Å². The molecule has 90 valence electrons. The van der Waals surface area contributed by atoms with Gasteiger partial charge in [0.05, 0.1) is 11.6 Å². The fourth-order valence-corrected chi connectivity index (χ4v) is 1.68. The lowest BCUT2D eigenvalue weighted by Crippen LogP contribution is -1.99. The van der Waals surface area contributed by atoms with Gasteiger partial charge >= 0.3 is 5.97 Å². The number of aliphatic carboxylic acids is 1. The van der Waals surface area contributed by atoms with Crippen LogP contribution in [-0.2, 0) is 11.2 Å². The number of nitriles is 1. The van der Waals surface area contributed by atoms with Crippen LogP contribution in [0.4, 0.5) is 0 Å². The Morgan fingerprint density at radius 1 is 1.39 bits per heavy atom. The second kappa shape index (κ2) is 4.76. The van der Waals surface area contributed by atoms with Crippen molar-refractivity contribution in [2.45, 2.75) is 13.3 Å². The maximum Gasteiger partial charge on any atom is 0.311 e. The van der Waals surface area contributed by atoms with Gasteiger partial charge in [0, 0.05) is 5.56 Å². The molecule has 4 heteroatoms. The molecule has 0 unspecified atom stereocenters. The lowest BCUT2D eigenvalue weighted by Gasteiger charge is -1.96. The molecule has 0 spiro atoms. The van der Waals surface area contributed by atoms with E-state index in [0.29, 0.717) is 17.1 Å². The quantitative estimate of drug-likeness (QED) is 0.896. The van der Waals surface area contributed by atoms with E-state index in [2.05, 4.69) is 0 Å². The van der Waals surface area contributed by atoms with Gasteiger partial charge in [-0.25, -0.2) is 0 Å². The monoisotopic (exact) mass is 241 g/mol. The number of furan rings is 1. The van der Waals surface area contributed by atoms with Gasteiger partial charge in [0.25, 0.3) is 0 Å². The molecule has 0 fully saturated rings. The summed E-state index contributed by atoms with van der Waals surface area (Å²) in [6.07, 6.45) is -0.123. The standard InChI is InChI=1S/C14H11NO3/c1-9-6-13(18-12(9)7-14(16)17)11-4-2-10(8-15)3-5-11/h2-6H,7H2,1H3,(H,16,17). The van der Waals surface area contributed by atoms with Crippen molar-refractivity contribution in [2.24, 2.45) is 0 Å². The van der Waals surface area contributed by atoms with E-state index < -0.39 is 5.97 Å². The van der Waals surface area contributed by atoms with Crippen LogP contribution in [0, 0.1) is 18.3 Å². The summed E-state index contributed by atoms with van der Waals surface area (Å²) in [5.41, 5.74) is 2.22. The SMILES string of the molecule is Cc1cc(-c2ccc(C#N)cc2)oc1CC(=O)O. The van der Waals surface area contributed by atoms with E-state index in [1.165, 1.54) is 0 Å². The second-order valence-corrected chi connectivity index (χ2v) is 3.98. The Hall–Kier alpha value is -2.54. The molecule has 0 aliphatic carbocycles. The predicted octanol–water partition coefficient (Wildman–Crippen LogP) is 2.75. The van der Waals surface area contributed by atoms with Crippen molar-refractivity contribution in [1.82, 2.24) is 0 Å². The summed E-state index contributed by atoms with van der Waals surface area (Å²) in [5, 5.41) is 17.5. The highest BCUT2D eigenvalue weighted by molar-refractivity contribution is 5.70. The smallest absolute Gasteiger partial charge is 0.311 e. The molecule has 0 saturated heterocycles.